The molecule has 0 heterocycles. The Bertz CT molecular complexity index is 436. The molecule has 132 valence electrons. The van der Waals surface area contributed by atoms with Gasteiger partial charge in [0, 0.05) is 6.54 Å². The summed E-state index contributed by atoms with van der Waals surface area (Å²) in [6, 6.07) is 8.84. The van der Waals surface area contributed by atoms with E-state index in [1.807, 2.05) is 0 Å². The van der Waals surface area contributed by atoms with Crippen LogP contribution in [-0.2, 0) is 17.9 Å². The lowest BCUT2D eigenvalue weighted by Crippen LogP contribution is -2.20. The van der Waals surface area contributed by atoms with E-state index in [1.165, 1.54) is 36.9 Å². The average molecular weight is 320 g/mol. The smallest absolute Gasteiger partial charge is 0.0724 e. The van der Waals surface area contributed by atoms with Gasteiger partial charge in [-0.25, -0.2) is 0 Å². The predicted octanol–water partition coefficient (Wildman–Crippen LogP) is 5.65. The number of hydrogen-bond acceptors (Lipinski definition) is 2. The molecule has 23 heavy (non-hydrogen) atoms. The first-order valence-electron chi connectivity index (χ1n) is 8.95. The topological polar surface area (TPSA) is 12.5 Å². The van der Waals surface area contributed by atoms with Crippen LogP contribution in [0.5, 0.6) is 0 Å². The van der Waals surface area contributed by atoms with Gasteiger partial charge in [-0.3, -0.25) is 0 Å². The third-order valence-corrected chi connectivity index (χ3v) is 3.86. The van der Waals surface area contributed by atoms with Crippen molar-refractivity contribution in [1.82, 2.24) is 4.90 Å². The summed E-state index contributed by atoms with van der Waals surface area (Å²) < 4.78 is 5.82. The molecule has 2 heteroatoms. The van der Waals surface area contributed by atoms with Gasteiger partial charge in [-0.05, 0) is 63.7 Å². The van der Waals surface area contributed by atoms with E-state index < -0.39 is 0 Å². The van der Waals surface area contributed by atoms with Crippen LogP contribution in [0.3, 0.4) is 0 Å². The molecule has 0 unspecified atom stereocenters. The van der Waals surface area contributed by atoms with Gasteiger partial charge < -0.3 is 9.64 Å². The second-order valence-electron chi connectivity index (χ2n) is 8.97. The van der Waals surface area contributed by atoms with Crippen LogP contribution < -0.4 is 0 Å². The van der Waals surface area contributed by atoms with Gasteiger partial charge in [0.25, 0.3) is 0 Å². The molecule has 0 aliphatic heterocycles. The molecule has 2 nitrogen and oxygen atoms in total. The van der Waals surface area contributed by atoms with Gasteiger partial charge in [-0.1, -0.05) is 51.5 Å². The fourth-order valence-corrected chi connectivity index (χ4v) is 2.47. The zero-order valence-corrected chi connectivity index (χ0v) is 16.4. The number of unbranched alkanes of at least 4 members (excludes halogenated alkanes) is 1. The monoisotopic (exact) mass is 319 g/mol. The molecule has 0 aromatic heterocycles. The Morgan fingerprint density at radius 3 is 1.96 bits per heavy atom. The number of nitrogens with zero attached hydrogens (tertiary/aromatic N) is 1. The van der Waals surface area contributed by atoms with Crippen molar-refractivity contribution in [3.63, 3.8) is 0 Å². The van der Waals surface area contributed by atoms with Gasteiger partial charge in [0.05, 0.1) is 12.2 Å². The molecule has 1 rings (SSSR count). The summed E-state index contributed by atoms with van der Waals surface area (Å²) in [7, 11) is 2.22. The minimum Gasteiger partial charge on any atom is -0.371 e. The maximum absolute atomic E-state index is 5.82. The van der Waals surface area contributed by atoms with Crippen LogP contribution in [0.4, 0.5) is 0 Å². The summed E-state index contributed by atoms with van der Waals surface area (Å²) in [6.07, 6.45) is 3.91. The molecule has 1 aromatic carbocycles. The highest BCUT2D eigenvalue weighted by atomic mass is 16.5. The quantitative estimate of drug-likeness (QED) is 0.574. The Balaban J connectivity index is 2.31. The van der Waals surface area contributed by atoms with Crippen LogP contribution in [-0.4, -0.2) is 24.1 Å². The maximum atomic E-state index is 5.82. The van der Waals surface area contributed by atoms with Crippen LogP contribution in [0, 0.1) is 5.41 Å². The first kappa shape index (κ1) is 20.2. The largest absolute Gasteiger partial charge is 0.371 e. The predicted molar refractivity (Wildman–Crippen MR) is 101 cm³/mol. The second-order valence-corrected chi connectivity index (χ2v) is 8.97. The van der Waals surface area contributed by atoms with Gasteiger partial charge in [0.15, 0.2) is 0 Å². The molecule has 0 bridgehead atoms. The molecule has 0 fully saturated rings. The summed E-state index contributed by atoms with van der Waals surface area (Å²) in [6.45, 7) is 16.1. The SMILES string of the molecule is CN(CCCCC(C)(C)C)Cc1ccc(COC(C)(C)C)cc1. The molecular formula is C21H37NO. The van der Waals surface area contributed by atoms with E-state index in [2.05, 4.69) is 77.8 Å². The molecule has 0 amide bonds. The van der Waals surface area contributed by atoms with Crippen molar-refractivity contribution < 1.29 is 4.74 Å². The molecule has 0 atom stereocenters. The minimum absolute atomic E-state index is 0.0774. The third-order valence-electron chi connectivity index (χ3n) is 3.86. The molecule has 0 aliphatic carbocycles. The molecular weight excluding hydrogens is 282 g/mol. The Kier molecular flexibility index (Phi) is 7.76. The van der Waals surface area contributed by atoms with Crippen molar-refractivity contribution in [1.29, 1.82) is 0 Å². The van der Waals surface area contributed by atoms with Crippen LogP contribution >= 0.6 is 0 Å². The molecule has 0 saturated carbocycles. The zero-order chi connectivity index (χ0) is 17.5. The highest BCUT2D eigenvalue weighted by molar-refractivity contribution is 5.22. The fourth-order valence-electron chi connectivity index (χ4n) is 2.47. The Hall–Kier alpha value is -0.860. The lowest BCUT2D eigenvalue weighted by atomic mass is 9.90. The van der Waals surface area contributed by atoms with E-state index >= 15 is 0 Å². The fraction of sp³-hybridized carbons (Fsp3) is 0.714. The van der Waals surface area contributed by atoms with Gasteiger partial charge in [0.2, 0.25) is 0 Å². The van der Waals surface area contributed by atoms with E-state index in [1.54, 1.807) is 0 Å². The van der Waals surface area contributed by atoms with Gasteiger partial charge in [0.1, 0.15) is 0 Å². The van der Waals surface area contributed by atoms with Crippen LogP contribution in [0.2, 0.25) is 0 Å². The lowest BCUT2D eigenvalue weighted by molar-refractivity contribution is -0.0149. The van der Waals surface area contributed by atoms with Crippen LogP contribution in [0.25, 0.3) is 0 Å². The summed E-state index contributed by atoms with van der Waals surface area (Å²) in [5.41, 5.74) is 3.01. The minimum atomic E-state index is -0.0774. The zero-order valence-electron chi connectivity index (χ0n) is 16.4. The number of benzene rings is 1. The Labute approximate surface area is 144 Å². The van der Waals surface area contributed by atoms with Crippen LogP contribution in [0.15, 0.2) is 24.3 Å². The number of ether oxygens (including phenoxy) is 1. The summed E-state index contributed by atoms with van der Waals surface area (Å²) in [4.78, 5) is 2.42. The van der Waals surface area contributed by atoms with Crippen molar-refractivity contribution >= 4 is 0 Å². The van der Waals surface area contributed by atoms with E-state index in [9.17, 15) is 0 Å². The molecule has 0 saturated heterocycles. The van der Waals surface area contributed by atoms with Crippen molar-refractivity contribution in [3.05, 3.63) is 35.4 Å². The Morgan fingerprint density at radius 2 is 1.43 bits per heavy atom. The highest BCUT2D eigenvalue weighted by Crippen LogP contribution is 2.21. The van der Waals surface area contributed by atoms with Gasteiger partial charge in [-0.15, -0.1) is 0 Å². The van der Waals surface area contributed by atoms with E-state index in [4.69, 9.17) is 4.74 Å². The standard InChI is InChI=1S/C21H37NO/c1-20(2,3)14-8-9-15-22(7)16-18-10-12-19(13-11-18)17-23-21(4,5)6/h10-13H,8-9,14-17H2,1-7H3. The van der Waals surface area contributed by atoms with Crippen molar-refractivity contribution in [2.45, 2.75) is 79.6 Å². The molecule has 0 aliphatic rings. The number of rotatable bonds is 8. The normalized spacial score (nSPS) is 12.9. The summed E-state index contributed by atoms with van der Waals surface area (Å²) >= 11 is 0. The third kappa shape index (κ3) is 10.5. The molecule has 0 N–H and O–H groups in total. The molecule has 0 spiro atoms. The maximum Gasteiger partial charge on any atom is 0.0724 e. The first-order chi connectivity index (χ1) is 10.6. The average Bonchev–Trinajstić information content (AvgIpc) is 2.41. The summed E-state index contributed by atoms with van der Waals surface area (Å²) in [5, 5.41) is 0. The first-order valence-corrected chi connectivity index (χ1v) is 8.95. The van der Waals surface area contributed by atoms with Crippen molar-refractivity contribution in [2.75, 3.05) is 13.6 Å². The molecule has 0 radical (unpaired) electrons. The Morgan fingerprint density at radius 1 is 0.870 bits per heavy atom. The van der Waals surface area contributed by atoms with Crippen LogP contribution in [0.1, 0.15) is 71.9 Å². The van der Waals surface area contributed by atoms with E-state index in [0.29, 0.717) is 12.0 Å². The van der Waals surface area contributed by atoms with Crippen molar-refractivity contribution in [3.8, 4) is 0 Å². The van der Waals surface area contributed by atoms with E-state index in [0.717, 1.165) is 6.54 Å². The van der Waals surface area contributed by atoms with Gasteiger partial charge in [-0.2, -0.15) is 0 Å². The number of hydrogen-bond donors (Lipinski definition) is 0. The second kappa shape index (κ2) is 8.84. The molecule has 1 aromatic rings. The van der Waals surface area contributed by atoms with Crippen molar-refractivity contribution in [2.24, 2.45) is 5.41 Å². The van der Waals surface area contributed by atoms with Gasteiger partial charge >= 0.3 is 0 Å². The lowest BCUT2D eigenvalue weighted by Gasteiger charge is -2.21. The summed E-state index contributed by atoms with van der Waals surface area (Å²) in [5.74, 6) is 0. The highest BCUT2D eigenvalue weighted by Gasteiger charge is 2.11. The van der Waals surface area contributed by atoms with E-state index in [-0.39, 0.29) is 5.60 Å².